The molecule has 0 saturated carbocycles. The molecular weight excluding hydrogens is 390 g/mol. The van der Waals surface area contributed by atoms with E-state index in [1.54, 1.807) is 13.0 Å². The van der Waals surface area contributed by atoms with E-state index in [0.717, 1.165) is 43.8 Å². The van der Waals surface area contributed by atoms with E-state index in [9.17, 15) is 13.2 Å². The van der Waals surface area contributed by atoms with Crippen LogP contribution in [0.25, 0.3) is 11.5 Å². The molecule has 2 aromatic rings. The van der Waals surface area contributed by atoms with Crippen LogP contribution in [-0.2, 0) is 12.7 Å². The lowest BCUT2D eigenvalue weighted by Crippen LogP contribution is -2.39. The summed E-state index contributed by atoms with van der Waals surface area (Å²) in [5.74, 6) is 0.861. The van der Waals surface area contributed by atoms with Crippen molar-refractivity contribution in [2.45, 2.75) is 38.5 Å². The largest absolute Gasteiger partial charge is 0.441 e. The molecule has 0 amide bonds. The summed E-state index contributed by atoms with van der Waals surface area (Å²) in [7, 11) is 0. The van der Waals surface area contributed by atoms with E-state index in [1.165, 1.54) is 6.07 Å². The standard InChI is InChI=1S/C17H20F3N3O.2ClH/c1-11-15(10-23-7-5-14(21)6-8-23)22-16(24-11)12-3-2-4-13(9-12)17(18,19)20;;/h2-4,9,14H,5-8,10,21H2,1H3;2*1H. The Morgan fingerprint density at radius 1 is 1.23 bits per heavy atom. The van der Waals surface area contributed by atoms with Crippen molar-refractivity contribution >= 4 is 24.8 Å². The van der Waals surface area contributed by atoms with Crippen LogP contribution in [0.5, 0.6) is 0 Å². The zero-order valence-corrected chi connectivity index (χ0v) is 15.9. The molecule has 0 atom stereocenters. The van der Waals surface area contributed by atoms with Gasteiger partial charge >= 0.3 is 6.18 Å². The van der Waals surface area contributed by atoms with Crippen molar-refractivity contribution in [3.05, 3.63) is 41.3 Å². The first kappa shape index (κ1) is 22.8. The number of aryl methyl sites for hydroxylation is 1. The molecule has 0 radical (unpaired) electrons. The van der Waals surface area contributed by atoms with E-state index in [4.69, 9.17) is 10.2 Å². The first-order valence-electron chi connectivity index (χ1n) is 7.95. The van der Waals surface area contributed by atoms with E-state index >= 15 is 0 Å². The van der Waals surface area contributed by atoms with Crippen LogP contribution in [0.15, 0.2) is 28.7 Å². The predicted molar refractivity (Wildman–Crippen MR) is 98.7 cm³/mol. The quantitative estimate of drug-likeness (QED) is 0.810. The topological polar surface area (TPSA) is 55.3 Å². The van der Waals surface area contributed by atoms with E-state index in [1.807, 2.05) is 0 Å². The third-order valence-electron chi connectivity index (χ3n) is 4.34. The van der Waals surface area contributed by atoms with Gasteiger partial charge in [-0.05, 0) is 38.0 Å². The number of hydrogen-bond donors (Lipinski definition) is 1. The van der Waals surface area contributed by atoms with Crippen molar-refractivity contribution in [3.8, 4) is 11.5 Å². The summed E-state index contributed by atoms with van der Waals surface area (Å²) >= 11 is 0. The smallest absolute Gasteiger partial charge is 0.416 e. The normalized spacial score (nSPS) is 16.0. The minimum absolute atomic E-state index is 0. The maximum absolute atomic E-state index is 12.8. The Morgan fingerprint density at radius 3 is 2.50 bits per heavy atom. The number of oxazole rings is 1. The molecule has 0 unspecified atom stereocenters. The fourth-order valence-corrected chi connectivity index (χ4v) is 2.85. The first-order valence-corrected chi connectivity index (χ1v) is 7.95. The van der Waals surface area contributed by atoms with Gasteiger partial charge in [-0.3, -0.25) is 4.90 Å². The molecule has 1 aliphatic rings. The van der Waals surface area contributed by atoms with Gasteiger partial charge in [0.2, 0.25) is 5.89 Å². The summed E-state index contributed by atoms with van der Waals surface area (Å²) in [6.07, 6.45) is -2.50. The molecule has 1 aromatic carbocycles. The number of rotatable bonds is 3. The van der Waals surface area contributed by atoms with Crippen molar-refractivity contribution in [2.75, 3.05) is 13.1 Å². The number of likely N-dealkylation sites (tertiary alicyclic amines) is 1. The molecule has 1 aliphatic heterocycles. The van der Waals surface area contributed by atoms with Gasteiger partial charge in [-0.25, -0.2) is 4.98 Å². The second kappa shape index (κ2) is 9.08. The Morgan fingerprint density at radius 2 is 1.88 bits per heavy atom. The van der Waals surface area contributed by atoms with Crippen molar-refractivity contribution in [1.29, 1.82) is 0 Å². The summed E-state index contributed by atoms with van der Waals surface area (Å²) < 4.78 is 44.1. The summed E-state index contributed by atoms with van der Waals surface area (Å²) in [5, 5.41) is 0. The monoisotopic (exact) mass is 411 g/mol. The van der Waals surface area contributed by atoms with Gasteiger partial charge in [0.05, 0.1) is 11.3 Å². The van der Waals surface area contributed by atoms with Crippen LogP contribution in [-0.4, -0.2) is 29.0 Å². The Labute approximate surface area is 162 Å². The minimum atomic E-state index is -4.38. The Hall–Kier alpha value is -1.28. The van der Waals surface area contributed by atoms with Crippen LogP contribution in [0.1, 0.15) is 29.9 Å². The van der Waals surface area contributed by atoms with Crippen LogP contribution in [0.4, 0.5) is 13.2 Å². The minimum Gasteiger partial charge on any atom is -0.441 e. The molecule has 0 bridgehead atoms. The van der Waals surface area contributed by atoms with Crippen molar-refractivity contribution in [3.63, 3.8) is 0 Å². The second-order valence-corrected chi connectivity index (χ2v) is 6.21. The second-order valence-electron chi connectivity index (χ2n) is 6.21. The fraction of sp³-hybridized carbons (Fsp3) is 0.471. The average Bonchev–Trinajstić information content (AvgIpc) is 2.90. The number of nitrogens with zero attached hydrogens (tertiary/aromatic N) is 2. The third-order valence-corrected chi connectivity index (χ3v) is 4.34. The van der Waals surface area contributed by atoms with Crippen LogP contribution in [0.3, 0.4) is 0 Å². The number of benzene rings is 1. The number of piperidine rings is 1. The average molecular weight is 412 g/mol. The fourth-order valence-electron chi connectivity index (χ4n) is 2.85. The highest BCUT2D eigenvalue weighted by Crippen LogP contribution is 2.32. The van der Waals surface area contributed by atoms with Gasteiger partial charge in [0.25, 0.3) is 0 Å². The molecule has 0 spiro atoms. The van der Waals surface area contributed by atoms with Crippen LogP contribution in [0, 0.1) is 6.92 Å². The molecule has 26 heavy (non-hydrogen) atoms. The molecule has 2 heterocycles. The molecule has 9 heteroatoms. The number of alkyl halides is 3. The van der Waals surface area contributed by atoms with E-state index in [-0.39, 0.29) is 36.7 Å². The summed E-state index contributed by atoms with van der Waals surface area (Å²) in [6.45, 7) is 4.20. The van der Waals surface area contributed by atoms with E-state index in [2.05, 4.69) is 9.88 Å². The number of aromatic nitrogens is 1. The van der Waals surface area contributed by atoms with Gasteiger partial charge in [-0.1, -0.05) is 6.07 Å². The number of halogens is 5. The molecule has 1 fully saturated rings. The van der Waals surface area contributed by atoms with E-state index in [0.29, 0.717) is 17.9 Å². The number of hydrogen-bond acceptors (Lipinski definition) is 4. The molecule has 2 N–H and O–H groups in total. The van der Waals surface area contributed by atoms with Gasteiger partial charge < -0.3 is 10.2 Å². The van der Waals surface area contributed by atoms with Gasteiger partial charge in [0.1, 0.15) is 5.76 Å². The lowest BCUT2D eigenvalue weighted by Gasteiger charge is -2.29. The van der Waals surface area contributed by atoms with Gasteiger partial charge in [0, 0.05) is 31.2 Å². The Balaban J connectivity index is 0.00000169. The summed E-state index contributed by atoms with van der Waals surface area (Å²) in [4.78, 5) is 6.65. The lowest BCUT2D eigenvalue weighted by molar-refractivity contribution is -0.137. The number of nitrogens with two attached hydrogens (primary N) is 1. The van der Waals surface area contributed by atoms with Crippen LogP contribution < -0.4 is 5.73 Å². The van der Waals surface area contributed by atoms with Crippen molar-refractivity contribution in [1.82, 2.24) is 9.88 Å². The van der Waals surface area contributed by atoms with Gasteiger partial charge in [0.15, 0.2) is 0 Å². The first-order chi connectivity index (χ1) is 11.3. The van der Waals surface area contributed by atoms with E-state index < -0.39 is 11.7 Å². The predicted octanol–water partition coefficient (Wildman–Crippen LogP) is 4.44. The molecule has 3 rings (SSSR count). The van der Waals surface area contributed by atoms with Gasteiger partial charge in [-0.2, -0.15) is 13.2 Å². The van der Waals surface area contributed by atoms with Crippen LogP contribution in [0.2, 0.25) is 0 Å². The summed E-state index contributed by atoms with van der Waals surface area (Å²) in [5.41, 5.74) is 6.29. The maximum Gasteiger partial charge on any atom is 0.416 e. The molecule has 1 aromatic heterocycles. The SMILES string of the molecule is Cc1oc(-c2cccc(C(F)(F)F)c2)nc1CN1CCC(N)CC1.Cl.Cl. The highest BCUT2D eigenvalue weighted by atomic mass is 35.5. The van der Waals surface area contributed by atoms with Gasteiger partial charge in [-0.15, -0.1) is 24.8 Å². The molecule has 4 nitrogen and oxygen atoms in total. The van der Waals surface area contributed by atoms with Crippen LogP contribution >= 0.6 is 24.8 Å². The Kier molecular flexibility index (Phi) is 7.95. The van der Waals surface area contributed by atoms with Crippen molar-refractivity contribution in [2.24, 2.45) is 5.73 Å². The third kappa shape index (κ3) is 5.36. The van der Waals surface area contributed by atoms with Crippen molar-refractivity contribution < 1.29 is 17.6 Å². The zero-order chi connectivity index (χ0) is 17.3. The lowest BCUT2D eigenvalue weighted by atomic mass is 10.1. The molecule has 146 valence electrons. The molecular formula is C17H22Cl2F3N3O. The highest BCUT2D eigenvalue weighted by molar-refractivity contribution is 5.85. The molecule has 1 saturated heterocycles. The molecule has 0 aliphatic carbocycles. The highest BCUT2D eigenvalue weighted by Gasteiger charge is 2.31. The zero-order valence-electron chi connectivity index (χ0n) is 14.3. The summed E-state index contributed by atoms with van der Waals surface area (Å²) in [6, 6.07) is 5.29. The Bertz CT molecular complexity index is 714. The maximum atomic E-state index is 12.8.